The maximum absolute atomic E-state index is 11.1. The van der Waals surface area contributed by atoms with E-state index in [4.69, 9.17) is 9.47 Å². The maximum Gasteiger partial charge on any atom is 0.175 e. The van der Waals surface area contributed by atoms with Crippen molar-refractivity contribution in [1.29, 1.82) is 0 Å². The van der Waals surface area contributed by atoms with Crippen molar-refractivity contribution in [3.05, 3.63) is 22.2 Å². The van der Waals surface area contributed by atoms with Crippen molar-refractivity contribution in [2.75, 3.05) is 14.2 Å². The van der Waals surface area contributed by atoms with Gasteiger partial charge in [-0.3, -0.25) is 0 Å². The fraction of sp³-hybridized carbons (Fsp3) is 0.417. The highest BCUT2D eigenvalue weighted by Crippen LogP contribution is 2.52. The molecule has 0 bridgehead atoms. The van der Waals surface area contributed by atoms with Gasteiger partial charge in [-0.2, -0.15) is 0 Å². The predicted octanol–water partition coefficient (Wildman–Crippen LogP) is 2.70. The molecule has 0 atom stereocenters. The first-order chi connectivity index (χ1) is 7.68. The highest BCUT2D eigenvalue weighted by Gasteiger charge is 2.46. The fourth-order valence-corrected chi connectivity index (χ4v) is 2.74. The molecule has 0 unspecified atom stereocenters. The number of halogens is 1. The second-order valence-corrected chi connectivity index (χ2v) is 4.73. The van der Waals surface area contributed by atoms with E-state index in [0.29, 0.717) is 11.5 Å². The highest BCUT2D eigenvalue weighted by molar-refractivity contribution is 9.10. The average molecular weight is 285 g/mol. The van der Waals surface area contributed by atoms with E-state index in [1.807, 2.05) is 12.1 Å². The van der Waals surface area contributed by atoms with Crippen LogP contribution in [0.3, 0.4) is 0 Å². The van der Waals surface area contributed by atoms with Gasteiger partial charge in [0.15, 0.2) is 11.5 Å². The van der Waals surface area contributed by atoms with Crippen LogP contribution in [0.4, 0.5) is 0 Å². The first kappa shape index (κ1) is 11.5. The molecule has 0 N–H and O–H groups in total. The lowest BCUT2D eigenvalue weighted by Crippen LogP contribution is -2.09. The SMILES string of the molecule is COc1ccc(C2(C=O)CC2)c(Br)c1OC. The molecular formula is C12H13BrO3. The van der Waals surface area contributed by atoms with Crippen LogP contribution < -0.4 is 9.47 Å². The Labute approximate surface area is 103 Å². The maximum atomic E-state index is 11.1. The van der Waals surface area contributed by atoms with Crippen LogP contribution in [-0.2, 0) is 10.2 Å². The van der Waals surface area contributed by atoms with E-state index >= 15 is 0 Å². The molecule has 0 radical (unpaired) electrons. The van der Waals surface area contributed by atoms with Crippen molar-refractivity contribution in [3.8, 4) is 11.5 Å². The number of carbonyl (C=O) groups excluding carboxylic acids is 1. The Morgan fingerprint density at radius 3 is 2.44 bits per heavy atom. The smallest absolute Gasteiger partial charge is 0.175 e. The molecule has 1 saturated carbocycles. The Bertz CT molecular complexity index is 425. The number of methoxy groups -OCH3 is 2. The van der Waals surface area contributed by atoms with Gasteiger partial charge in [0.2, 0.25) is 0 Å². The van der Waals surface area contributed by atoms with Crippen molar-refractivity contribution in [2.24, 2.45) is 0 Å². The molecular weight excluding hydrogens is 272 g/mol. The minimum absolute atomic E-state index is 0.307. The van der Waals surface area contributed by atoms with Gasteiger partial charge in [0.25, 0.3) is 0 Å². The lowest BCUT2D eigenvalue weighted by Gasteiger charge is -2.15. The van der Waals surface area contributed by atoms with E-state index in [1.54, 1.807) is 14.2 Å². The van der Waals surface area contributed by atoms with Gasteiger partial charge in [0.1, 0.15) is 6.29 Å². The van der Waals surface area contributed by atoms with E-state index in [2.05, 4.69) is 15.9 Å². The molecule has 1 fully saturated rings. The Hall–Kier alpha value is -1.03. The molecule has 2 rings (SSSR count). The Balaban J connectivity index is 2.53. The molecule has 0 spiro atoms. The first-order valence-electron chi connectivity index (χ1n) is 5.06. The van der Waals surface area contributed by atoms with Crippen molar-refractivity contribution in [3.63, 3.8) is 0 Å². The largest absolute Gasteiger partial charge is 0.493 e. The number of rotatable bonds is 4. The number of carbonyl (C=O) groups is 1. The van der Waals surface area contributed by atoms with E-state index < -0.39 is 0 Å². The van der Waals surface area contributed by atoms with Crippen LogP contribution in [-0.4, -0.2) is 20.5 Å². The van der Waals surface area contributed by atoms with Crippen LogP contribution in [0.2, 0.25) is 0 Å². The van der Waals surface area contributed by atoms with E-state index in [1.165, 1.54) is 0 Å². The van der Waals surface area contributed by atoms with Crippen LogP contribution in [0.15, 0.2) is 16.6 Å². The van der Waals surface area contributed by atoms with Crippen LogP contribution in [0.1, 0.15) is 18.4 Å². The predicted molar refractivity (Wildman–Crippen MR) is 64.2 cm³/mol. The molecule has 0 aliphatic heterocycles. The van der Waals surface area contributed by atoms with Gasteiger partial charge in [-0.15, -0.1) is 0 Å². The van der Waals surface area contributed by atoms with Gasteiger partial charge in [-0.05, 0) is 40.4 Å². The number of aldehydes is 1. The summed E-state index contributed by atoms with van der Waals surface area (Å²) in [5.41, 5.74) is 0.679. The second kappa shape index (κ2) is 4.09. The summed E-state index contributed by atoms with van der Waals surface area (Å²) in [4.78, 5) is 11.1. The molecule has 86 valence electrons. The van der Waals surface area contributed by atoms with Crippen molar-refractivity contribution in [1.82, 2.24) is 0 Å². The molecule has 0 saturated heterocycles. The first-order valence-corrected chi connectivity index (χ1v) is 5.85. The quantitative estimate of drug-likeness (QED) is 0.798. The van der Waals surface area contributed by atoms with Crippen LogP contribution >= 0.6 is 15.9 Å². The summed E-state index contributed by atoms with van der Waals surface area (Å²) < 4.78 is 11.3. The van der Waals surface area contributed by atoms with Crippen LogP contribution in [0.25, 0.3) is 0 Å². The Morgan fingerprint density at radius 1 is 1.31 bits per heavy atom. The molecule has 16 heavy (non-hydrogen) atoms. The highest BCUT2D eigenvalue weighted by atomic mass is 79.9. The van der Waals surface area contributed by atoms with Crippen molar-refractivity contribution < 1.29 is 14.3 Å². The van der Waals surface area contributed by atoms with Crippen LogP contribution in [0.5, 0.6) is 11.5 Å². The third kappa shape index (κ3) is 1.61. The summed E-state index contributed by atoms with van der Waals surface area (Å²) in [6, 6.07) is 3.76. The van der Waals surface area contributed by atoms with E-state index in [-0.39, 0.29) is 5.41 Å². The molecule has 0 aromatic heterocycles. The molecule has 0 heterocycles. The van der Waals surface area contributed by atoms with E-state index in [0.717, 1.165) is 29.2 Å². The number of hydrogen-bond donors (Lipinski definition) is 0. The summed E-state index contributed by atoms with van der Waals surface area (Å²) in [6.45, 7) is 0. The zero-order chi connectivity index (χ0) is 11.8. The van der Waals surface area contributed by atoms with Crippen molar-refractivity contribution in [2.45, 2.75) is 18.3 Å². The summed E-state index contributed by atoms with van der Waals surface area (Å²) in [5.74, 6) is 1.31. The van der Waals surface area contributed by atoms with Crippen molar-refractivity contribution >= 4 is 22.2 Å². The normalized spacial score (nSPS) is 16.7. The molecule has 0 amide bonds. The Kier molecular flexibility index (Phi) is 2.93. The lowest BCUT2D eigenvalue weighted by molar-refractivity contribution is -0.109. The van der Waals surface area contributed by atoms with Gasteiger partial charge in [-0.25, -0.2) is 0 Å². The number of benzene rings is 1. The van der Waals surface area contributed by atoms with E-state index in [9.17, 15) is 4.79 Å². The zero-order valence-corrected chi connectivity index (χ0v) is 10.8. The van der Waals surface area contributed by atoms with Gasteiger partial charge in [0.05, 0.1) is 24.1 Å². The lowest BCUT2D eigenvalue weighted by atomic mass is 9.97. The summed E-state index contributed by atoms with van der Waals surface area (Å²) in [6.07, 6.45) is 2.84. The number of ether oxygens (including phenoxy) is 2. The third-order valence-electron chi connectivity index (χ3n) is 3.04. The molecule has 4 heteroatoms. The standard InChI is InChI=1S/C12H13BrO3/c1-15-9-4-3-8(10(13)11(9)16-2)12(7-14)5-6-12/h3-4,7H,5-6H2,1-2H3. The molecule has 3 nitrogen and oxygen atoms in total. The van der Waals surface area contributed by atoms with Gasteiger partial charge < -0.3 is 14.3 Å². The molecule has 1 aromatic rings. The minimum Gasteiger partial charge on any atom is -0.493 e. The topological polar surface area (TPSA) is 35.5 Å². The number of hydrogen-bond acceptors (Lipinski definition) is 3. The summed E-state index contributed by atoms with van der Waals surface area (Å²) in [7, 11) is 3.18. The Morgan fingerprint density at radius 2 is 2.00 bits per heavy atom. The van der Waals surface area contributed by atoms with Crippen LogP contribution in [0, 0.1) is 0 Å². The summed E-state index contributed by atoms with van der Waals surface area (Å²) in [5, 5.41) is 0. The molecule has 1 aromatic carbocycles. The average Bonchev–Trinajstić information content (AvgIpc) is 3.09. The fourth-order valence-electron chi connectivity index (χ4n) is 1.86. The summed E-state index contributed by atoms with van der Waals surface area (Å²) >= 11 is 3.49. The third-order valence-corrected chi connectivity index (χ3v) is 3.82. The molecule has 1 aliphatic rings. The molecule has 1 aliphatic carbocycles. The minimum atomic E-state index is -0.307. The zero-order valence-electron chi connectivity index (χ0n) is 9.25. The van der Waals surface area contributed by atoms with Gasteiger partial charge in [0, 0.05) is 0 Å². The van der Waals surface area contributed by atoms with Gasteiger partial charge in [-0.1, -0.05) is 6.07 Å². The van der Waals surface area contributed by atoms with Gasteiger partial charge >= 0.3 is 0 Å². The second-order valence-electron chi connectivity index (χ2n) is 3.94. The monoisotopic (exact) mass is 284 g/mol.